The number of piperidine rings is 1. The third-order valence-corrected chi connectivity index (χ3v) is 5.79. The Labute approximate surface area is 137 Å². The van der Waals surface area contributed by atoms with Crippen molar-refractivity contribution in [2.24, 2.45) is 11.3 Å². The maximum atomic E-state index is 12.4. The summed E-state index contributed by atoms with van der Waals surface area (Å²) in [7, 11) is 0. The second-order valence-electron chi connectivity index (χ2n) is 7.22. The van der Waals surface area contributed by atoms with Gasteiger partial charge in [-0.05, 0) is 68.3 Å². The molecule has 2 heterocycles. The van der Waals surface area contributed by atoms with Crippen LogP contribution < -0.4 is 10.6 Å². The minimum atomic E-state index is 0.259. The molecule has 0 radical (unpaired) electrons. The van der Waals surface area contributed by atoms with Crippen molar-refractivity contribution in [3.05, 3.63) is 35.5 Å². The fourth-order valence-electron chi connectivity index (χ4n) is 4.29. The predicted molar refractivity (Wildman–Crippen MR) is 92.4 cm³/mol. The van der Waals surface area contributed by atoms with E-state index >= 15 is 0 Å². The van der Waals surface area contributed by atoms with Crippen molar-refractivity contribution in [1.29, 1.82) is 0 Å². The highest BCUT2D eigenvalue weighted by molar-refractivity contribution is 5.86. The number of carbonyl (C=O) groups excluding carboxylic acids is 1. The van der Waals surface area contributed by atoms with Crippen LogP contribution in [0.1, 0.15) is 30.4 Å². The molecular weight excluding hydrogens is 286 g/mol. The van der Waals surface area contributed by atoms with Gasteiger partial charge < -0.3 is 15.6 Å². The van der Waals surface area contributed by atoms with Crippen molar-refractivity contribution in [3.63, 3.8) is 0 Å². The van der Waals surface area contributed by atoms with E-state index in [1.165, 1.54) is 22.0 Å². The van der Waals surface area contributed by atoms with Crippen LogP contribution in [0.2, 0.25) is 0 Å². The molecule has 1 amide bonds. The minimum absolute atomic E-state index is 0.259. The van der Waals surface area contributed by atoms with Crippen LogP contribution in [-0.2, 0) is 11.2 Å². The van der Waals surface area contributed by atoms with Gasteiger partial charge in [0.2, 0.25) is 5.91 Å². The van der Waals surface area contributed by atoms with Crippen LogP contribution in [0.5, 0.6) is 0 Å². The van der Waals surface area contributed by atoms with Gasteiger partial charge in [-0.1, -0.05) is 12.1 Å². The number of amides is 1. The maximum Gasteiger partial charge on any atom is 0.223 e. The molecule has 1 atom stereocenters. The van der Waals surface area contributed by atoms with Gasteiger partial charge in [0.05, 0.1) is 0 Å². The lowest BCUT2D eigenvalue weighted by atomic mass is 9.92. The quantitative estimate of drug-likeness (QED) is 0.812. The van der Waals surface area contributed by atoms with Gasteiger partial charge in [0, 0.05) is 29.6 Å². The Bertz CT molecular complexity index is 727. The lowest BCUT2D eigenvalue weighted by Crippen LogP contribution is -2.34. The molecule has 1 saturated carbocycles. The number of carbonyl (C=O) groups is 1. The molecule has 2 aromatic rings. The molecular formula is C19H25N3O. The van der Waals surface area contributed by atoms with Gasteiger partial charge >= 0.3 is 0 Å². The van der Waals surface area contributed by atoms with E-state index in [0.29, 0.717) is 5.41 Å². The molecule has 122 valence electrons. The van der Waals surface area contributed by atoms with Gasteiger partial charge in [0.1, 0.15) is 0 Å². The summed E-state index contributed by atoms with van der Waals surface area (Å²) in [6, 6.07) is 6.32. The molecule has 4 nitrogen and oxygen atoms in total. The van der Waals surface area contributed by atoms with Gasteiger partial charge in [0.25, 0.3) is 0 Å². The smallest absolute Gasteiger partial charge is 0.223 e. The molecule has 3 N–H and O–H groups in total. The Balaban J connectivity index is 1.34. The lowest BCUT2D eigenvalue weighted by molar-refractivity contribution is -0.123. The van der Waals surface area contributed by atoms with Gasteiger partial charge in [-0.2, -0.15) is 0 Å². The van der Waals surface area contributed by atoms with Gasteiger partial charge in [-0.15, -0.1) is 0 Å². The SMILES string of the molecule is Cc1cccc2[nH]cc(CCNC(=O)C3CC34CCNCC4)c12. The van der Waals surface area contributed by atoms with Crippen LogP contribution in [0.15, 0.2) is 24.4 Å². The Morgan fingerprint density at radius 3 is 3.00 bits per heavy atom. The standard InChI is InChI=1S/C19H25N3O/c1-13-3-2-4-16-17(13)14(12-22-16)5-8-21-18(23)15-11-19(15)6-9-20-10-7-19/h2-4,12,15,20,22H,5-11H2,1H3,(H,21,23). The number of benzene rings is 1. The van der Waals surface area contributed by atoms with Crippen LogP contribution in [-0.4, -0.2) is 30.5 Å². The maximum absolute atomic E-state index is 12.4. The van der Waals surface area contributed by atoms with Crippen LogP contribution in [0.25, 0.3) is 10.9 Å². The van der Waals surface area contributed by atoms with E-state index in [9.17, 15) is 4.79 Å². The second kappa shape index (κ2) is 5.68. The number of fused-ring (bicyclic) bond motifs is 1. The lowest BCUT2D eigenvalue weighted by Gasteiger charge is -2.23. The number of nitrogens with one attached hydrogen (secondary N) is 3. The zero-order chi connectivity index (χ0) is 15.9. The fraction of sp³-hybridized carbons (Fsp3) is 0.526. The first-order valence-electron chi connectivity index (χ1n) is 8.74. The van der Waals surface area contributed by atoms with E-state index in [0.717, 1.165) is 45.3 Å². The van der Waals surface area contributed by atoms with E-state index in [2.05, 4.69) is 46.9 Å². The average molecular weight is 311 g/mol. The molecule has 1 unspecified atom stereocenters. The third kappa shape index (κ3) is 2.65. The fourth-order valence-corrected chi connectivity index (χ4v) is 4.29. The molecule has 0 bridgehead atoms. The highest BCUT2D eigenvalue weighted by atomic mass is 16.2. The van der Waals surface area contributed by atoms with Crippen molar-refractivity contribution in [3.8, 4) is 0 Å². The largest absolute Gasteiger partial charge is 0.361 e. The Kier molecular flexibility index (Phi) is 3.64. The Morgan fingerprint density at radius 2 is 2.17 bits per heavy atom. The van der Waals surface area contributed by atoms with E-state index in [1.54, 1.807) is 0 Å². The van der Waals surface area contributed by atoms with Crippen LogP contribution in [0.4, 0.5) is 0 Å². The zero-order valence-corrected chi connectivity index (χ0v) is 13.7. The third-order valence-electron chi connectivity index (χ3n) is 5.79. The summed E-state index contributed by atoms with van der Waals surface area (Å²) in [5.41, 5.74) is 4.10. The van der Waals surface area contributed by atoms with Crippen molar-refractivity contribution in [2.45, 2.75) is 32.6 Å². The molecule has 1 saturated heterocycles. The monoisotopic (exact) mass is 311 g/mol. The molecule has 2 aliphatic rings. The zero-order valence-electron chi connectivity index (χ0n) is 13.7. The summed E-state index contributed by atoms with van der Waals surface area (Å²) in [6.45, 7) is 5.01. The molecule has 1 spiro atoms. The van der Waals surface area contributed by atoms with Gasteiger partial charge in [-0.3, -0.25) is 4.79 Å². The van der Waals surface area contributed by atoms with Crippen molar-refractivity contribution in [1.82, 2.24) is 15.6 Å². The highest BCUT2D eigenvalue weighted by Crippen LogP contribution is 2.58. The number of hydrogen-bond acceptors (Lipinski definition) is 2. The number of H-pyrrole nitrogens is 1. The minimum Gasteiger partial charge on any atom is -0.361 e. The molecule has 1 aliphatic carbocycles. The predicted octanol–water partition coefficient (Wildman–Crippen LogP) is 2.52. The number of hydrogen-bond donors (Lipinski definition) is 3. The van der Waals surface area contributed by atoms with Gasteiger partial charge in [-0.25, -0.2) is 0 Å². The number of aromatic amines is 1. The van der Waals surface area contributed by atoms with Crippen molar-refractivity contribution in [2.75, 3.05) is 19.6 Å². The van der Waals surface area contributed by atoms with Crippen LogP contribution >= 0.6 is 0 Å². The first kappa shape index (κ1) is 14.8. The molecule has 4 rings (SSSR count). The summed E-state index contributed by atoms with van der Waals surface area (Å²) in [5, 5.41) is 7.86. The first-order valence-corrected chi connectivity index (χ1v) is 8.74. The molecule has 1 aromatic heterocycles. The summed E-state index contributed by atoms with van der Waals surface area (Å²) >= 11 is 0. The summed E-state index contributed by atoms with van der Waals surface area (Å²) in [4.78, 5) is 15.7. The molecule has 23 heavy (non-hydrogen) atoms. The van der Waals surface area contributed by atoms with Crippen molar-refractivity contribution >= 4 is 16.8 Å². The van der Waals surface area contributed by atoms with E-state index in [1.807, 2.05) is 0 Å². The molecule has 2 fully saturated rings. The normalized spacial score (nSPS) is 22.4. The second-order valence-corrected chi connectivity index (χ2v) is 7.22. The van der Waals surface area contributed by atoms with E-state index < -0.39 is 0 Å². The molecule has 4 heteroatoms. The van der Waals surface area contributed by atoms with Crippen LogP contribution in [0.3, 0.4) is 0 Å². The van der Waals surface area contributed by atoms with Crippen LogP contribution in [0, 0.1) is 18.3 Å². The number of aromatic nitrogens is 1. The topological polar surface area (TPSA) is 56.9 Å². The molecule has 1 aliphatic heterocycles. The van der Waals surface area contributed by atoms with E-state index in [4.69, 9.17) is 0 Å². The van der Waals surface area contributed by atoms with Gasteiger partial charge in [0.15, 0.2) is 0 Å². The highest BCUT2D eigenvalue weighted by Gasteiger charge is 2.57. The summed E-state index contributed by atoms with van der Waals surface area (Å²) < 4.78 is 0. The van der Waals surface area contributed by atoms with Crippen molar-refractivity contribution < 1.29 is 4.79 Å². The number of rotatable bonds is 4. The first-order chi connectivity index (χ1) is 11.2. The molecule has 1 aromatic carbocycles. The summed E-state index contributed by atoms with van der Waals surface area (Å²) in [5.74, 6) is 0.526. The van der Waals surface area contributed by atoms with E-state index in [-0.39, 0.29) is 11.8 Å². The summed E-state index contributed by atoms with van der Waals surface area (Å²) in [6.07, 6.45) is 6.37. The Hall–Kier alpha value is -1.81. The Morgan fingerprint density at radius 1 is 1.35 bits per heavy atom. The number of aryl methyl sites for hydroxylation is 1. The average Bonchev–Trinajstić information content (AvgIpc) is 3.07.